The van der Waals surface area contributed by atoms with Crippen LogP contribution in [0.25, 0.3) is 0 Å². The molecule has 2 N–H and O–H groups in total. The first-order valence-corrected chi connectivity index (χ1v) is 6.36. The molecule has 0 amide bonds. The Morgan fingerprint density at radius 1 is 1.29 bits per heavy atom. The molecule has 1 aromatic rings. The Morgan fingerprint density at radius 3 is 2.59 bits per heavy atom. The van der Waals surface area contributed by atoms with E-state index in [1.165, 1.54) is 30.6 Å². The van der Waals surface area contributed by atoms with Gasteiger partial charge in [-0.2, -0.15) is 0 Å². The van der Waals surface area contributed by atoms with Gasteiger partial charge in [-0.25, -0.2) is 0 Å². The molecule has 3 nitrogen and oxygen atoms in total. The molecule has 94 valence electrons. The molecule has 1 aromatic carbocycles. The summed E-state index contributed by atoms with van der Waals surface area (Å²) >= 11 is 0. The standard InChI is InChI=1S/C14H23N3/c1-16(2)14-7-8-17(11-14)10-13-6-4-3-5-12(13)9-15/h3-6,14H,7-11,15H2,1-2H3. The molecule has 1 unspecified atom stereocenters. The Balaban J connectivity index is 1.98. The van der Waals surface area contributed by atoms with Crippen molar-refractivity contribution in [2.45, 2.75) is 25.6 Å². The predicted molar refractivity (Wildman–Crippen MR) is 71.7 cm³/mol. The van der Waals surface area contributed by atoms with Crippen molar-refractivity contribution in [1.82, 2.24) is 9.80 Å². The average molecular weight is 233 g/mol. The van der Waals surface area contributed by atoms with Gasteiger partial charge in [0.1, 0.15) is 0 Å². The van der Waals surface area contributed by atoms with Gasteiger partial charge in [0.15, 0.2) is 0 Å². The summed E-state index contributed by atoms with van der Waals surface area (Å²) < 4.78 is 0. The van der Waals surface area contributed by atoms with Crippen LogP contribution in [0.2, 0.25) is 0 Å². The van der Waals surface area contributed by atoms with Crippen LogP contribution in [0.5, 0.6) is 0 Å². The second-order valence-corrected chi connectivity index (χ2v) is 5.11. The van der Waals surface area contributed by atoms with Crippen LogP contribution in [0, 0.1) is 0 Å². The minimum absolute atomic E-state index is 0.640. The fourth-order valence-electron chi connectivity index (χ4n) is 2.53. The van der Waals surface area contributed by atoms with Gasteiger partial charge in [0.25, 0.3) is 0 Å². The van der Waals surface area contributed by atoms with E-state index in [0.29, 0.717) is 12.6 Å². The van der Waals surface area contributed by atoms with Crippen LogP contribution in [0.1, 0.15) is 17.5 Å². The van der Waals surface area contributed by atoms with E-state index in [1.54, 1.807) is 0 Å². The highest BCUT2D eigenvalue weighted by Crippen LogP contribution is 2.18. The van der Waals surface area contributed by atoms with Gasteiger partial charge in [0, 0.05) is 32.2 Å². The molecule has 1 aliphatic rings. The van der Waals surface area contributed by atoms with E-state index in [9.17, 15) is 0 Å². The largest absolute Gasteiger partial charge is 0.326 e. The fraction of sp³-hybridized carbons (Fsp3) is 0.571. The lowest BCUT2D eigenvalue weighted by Crippen LogP contribution is -2.31. The van der Waals surface area contributed by atoms with Gasteiger partial charge < -0.3 is 10.6 Å². The monoisotopic (exact) mass is 233 g/mol. The Morgan fingerprint density at radius 2 is 2.00 bits per heavy atom. The van der Waals surface area contributed by atoms with Crippen molar-refractivity contribution in [2.75, 3.05) is 27.2 Å². The van der Waals surface area contributed by atoms with Gasteiger partial charge in [-0.05, 0) is 31.6 Å². The molecule has 3 heteroatoms. The van der Waals surface area contributed by atoms with Crippen LogP contribution in [0.15, 0.2) is 24.3 Å². The molecular weight excluding hydrogens is 210 g/mol. The van der Waals surface area contributed by atoms with Crippen molar-refractivity contribution in [3.05, 3.63) is 35.4 Å². The third-order valence-electron chi connectivity index (χ3n) is 3.71. The lowest BCUT2D eigenvalue weighted by molar-refractivity contribution is 0.264. The first-order valence-electron chi connectivity index (χ1n) is 6.36. The van der Waals surface area contributed by atoms with Crippen LogP contribution < -0.4 is 5.73 Å². The fourth-order valence-corrected chi connectivity index (χ4v) is 2.53. The molecule has 0 aromatic heterocycles. The first kappa shape index (κ1) is 12.6. The third-order valence-corrected chi connectivity index (χ3v) is 3.71. The van der Waals surface area contributed by atoms with Crippen LogP contribution in [0.3, 0.4) is 0 Å². The maximum atomic E-state index is 5.77. The van der Waals surface area contributed by atoms with Crippen molar-refractivity contribution in [3.8, 4) is 0 Å². The van der Waals surface area contributed by atoms with Crippen molar-refractivity contribution in [2.24, 2.45) is 5.73 Å². The molecular formula is C14H23N3. The average Bonchev–Trinajstić information content (AvgIpc) is 2.78. The quantitative estimate of drug-likeness (QED) is 0.850. The third kappa shape index (κ3) is 3.06. The van der Waals surface area contributed by atoms with E-state index in [2.05, 4.69) is 48.2 Å². The van der Waals surface area contributed by atoms with Crippen LogP contribution in [0.4, 0.5) is 0 Å². The smallest absolute Gasteiger partial charge is 0.0237 e. The van der Waals surface area contributed by atoms with Crippen molar-refractivity contribution < 1.29 is 0 Å². The molecule has 17 heavy (non-hydrogen) atoms. The summed E-state index contributed by atoms with van der Waals surface area (Å²) in [5.41, 5.74) is 8.44. The van der Waals surface area contributed by atoms with Crippen LogP contribution in [-0.4, -0.2) is 43.0 Å². The molecule has 0 aliphatic carbocycles. The lowest BCUT2D eigenvalue weighted by Gasteiger charge is -2.21. The Kier molecular flexibility index (Phi) is 4.15. The highest BCUT2D eigenvalue weighted by Gasteiger charge is 2.23. The zero-order valence-electron chi connectivity index (χ0n) is 10.9. The van der Waals surface area contributed by atoms with Crippen molar-refractivity contribution in [3.63, 3.8) is 0 Å². The van der Waals surface area contributed by atoms with Gasteiger partial charge in [-0.15, -0.1) is 0 Å². The highest BCUT2D eigenvalue weighted by molar-refractivity contribution is 5.26. The molecule has 1 heterocycles. The summed E-state index contributed by atoms with van der Waals surface area (Å²) in [6.45, 7) is 4.05. The molecule has 0 spiro atoms. The SMILES string of the molecule is CN(C)C1CCN(Cc2ccccc2CN)C1. The Hall–Kier alpha value is -0.900. The molecule has 0 bridgehead atoms. The summed E-state index contributed by atoms with van der Waals surface area (Å²) in [4.78, 5) is 4.86. The number of likely N-dealkylation sites (tertiary alicyclic amines) is 1. The number of hydrogen-bond donors (Lipinski definition) is 1. The van der Waals surface area contributed by atoms with Gasteiger partial charge >= 0.3 is 0 Å². The van der Waals surface area contributed by atoms with E-state index < -0.39 is 0 Å². The maximum Gasteiger partial charge on any atom is 0.0237 e. The number of nitrogens with two attached hydrogens (primary N) is 1. The Labute approximate surface area is 104 Å². The number of rotatable bonds is 4. The lowest BCUT2D eigenvalue weighted by atomic mass is 10.1. The summed E-state index contributed by atoms with van der Waals surface area (Å²) in [5.74, 6) is 0. The van der Waals surface area contributed by atoms with E-state index in [1.807, 2.05) is 0 Å². The number of hydrogen-bond acceptors (Lipinski definition) is 3. The number of likely N-dealkylation sites (N-methyl/N-ethyl adjacent to an activating group) is 1. The molecule has 1 aliphatic heterocycles. The van der Waals surface area contributed by atoms with Gasteiger partial charge in [-0.3, -0.25) is 4.90 Å². The van der Waals surface area contributed by atoms with Gasteiger partial charge in [0.05, 0.1) is 0 Å². The minimum Gasteiger partial charge on any atom is -0.326 e. The molecule has 0 saturated carbocycles. The van der Waals surface area contributed by atoms with Gasteiger partial charge in [0.2, 0.25) is 0 Å². The number of benzene rings is 1. The summed E-state index contributed by atoms with van der Waals surface area (Å²) in [7, 11) is 4.34. The second kappa shape index (κ2) is 5.63. The summed E-state index contributed by atoms with van der Waals surface area (Å²) in [5, 5.41) is 0. The zero-order valence-corrected chi connectivity index (χ0v) is 10.9. The summed E-state index contributed by atoms with van der Waals surface area (Å²) in [6, 6.07) is 9.21. The first-order chi connectivity index (χ1) is 8.20. The molecule has 1 saturated heterocycles. The Bertz CT molecular complexity index is 362. The topological polar surface area (TPSA) is 32.5 Å². The predicted octanol–water partition coefficient (Wildman–Crippen LogP) is 1.28. The van der Waals surface area contributed by atoms with Crippen LogP contribution in [-0.2, 0) is 13.1 Å². The molecule has 1 atom stereocenters. The summed E-state index contributed by atoms with van der Waals surface area (Å²) in [6.07, 6.45) is 1.28. The van der Waals surface area contributed by atoms with E-state index in [0.717, 1.165) is 6.54 Å². The van der Waals surface area contributed by atoms with Crippen molar-refractivity contribution >= 4 is 0 Å². The molecule has 1 fully saturated rings. The van der Waals surface area contributed by atoms with Crippen LogP contribution >= 0.6 is 0 Å². The normalized spacial score (nSPS) is 21.3. The van der Waals surface area contributed by atoms with E-state index >= 15 is 0 Å². The minimum atomic E-state index is 0.640. The zero-order chi connectivity index (χ0) is 12.3. The van der Waals surface area contributed by atoms with E-state index in [4.69, 9.17) is 5.73 Å². The second-order valence-electron chi connectivity index (χ2n) is 5.11. The molecule has 0 radical (unpaired) electrons. The van der Waals surface area contributed by atoms with Gasteiger partial charge in [-0.1, -0.05) is 24.3 Å². The van der Waals surface area contributed by atoms with E-state index in [-0.39, 0.29) is 0 Å². The molecule has 2 rings (SSSR count). The number of nitrogens with zero attached hydrogens (tertiary/aromatic N) is 2. The maximum absolute atomic E-state index is 5.77. The van der Waals surface area contributed by atoms with Crippen molar-refractivity contribution in [1.29, 1.82) is 0 Å². The highest BCUT2D eigenvalue weighted by atomic mass is 15.2.